The molecule has 5 heteroatoms. The molecule has 0 aromatic rings. The molecule has 0 saturated heterocycles. The molecule has 1 atom stereocenters. The van der Waals surface area contributed by atoms with Crippen molar-refractivity contribution in [1.82, 2.24) is 0 Å². The van der Waals surface area contributed by atoms with Crippen LogP contribution < -0.4 is 0 Å². The molecule has 56 heavy (non-hydrogen) atoms. The van der Waals surface area contributed by atoms with Gasteiger partial charge in [0.05, 0.1) is 6.61 Å². The summed E-state index contributed by atoms with van der Waals surface area (Å²) in [4.78, 5) is 24.4. The molecule has 0 spiro atoms. The van der Waals surface area contributed by atoms with Gasteiger partial charge in [0.2, 0.25) is 0 Å². The van der Waals surface area contributed by atoms with Gasteiger partial charge >= 0.3 is 11.9 Å². The van der Waals surface area contributed by atoms with Crippen molar-refractivity contribution in [3.05, 3.63) is 122 Å². The van der Waals surface area contributed by atoms with Gasteiger partial charge in [0.25, 0.3) is 0 Å². The zero-order chi connectivity index (χ0) is 40.7. The van der Waals surface area contributed by atoms with Crippen molar-refractivity contribution in [2.24, 2.45) is 0 Å². The number of rotatable bonds is 38. The van der Waals surface area contributed by atoms with Crippen LogP contribution in [-0.2, 0) is 19.1 Å². The van der Waals surface area contributed by atoms with Crippen LogP contribution in [-0.4, -0.2) is 36.4 Å². The molecule has 314 valence electrons. The second-order valence-electron chi connectivity index (χ2n) is 14.0. The summed E-state index contributed by atoms with van der Waals surface area (Å²) in [5, 5.41) is 9.59. The lowest BCUT2D eigenvalue weighted by Crippen LogP contribution is -2.28. The summed E-state index contributed by atoms with van der Waals surface area (Å²) in [5.41, 5.74) is 0. The molecular formula is C51H80O5. The summed E-state index contributed by atoms with van der Waals surface area (Å²) in [5.74, 6) is -0.647. The van der Waals surface area contributed by atoms with Crippen molar-refractivity contribution in [1.29, 1.82) is 0 Å². The fourth-order valence-electron chi connectivity index (χ4n) is 5.49. The van der Waals surface area contributed by atoms with E-state index in [9.17, 15) is 14.7 Å². The summed E-state index contributed by atoms with van der Waals surface area (Å²) in [6, 6.07) is 0. The van der Waals surface area contributed by atoms with Crippen molar-refractivity contribution in [2.75, 3.05) is 13.2 Å². The molecule has 0 amide bonds. The highest BCUT2D eigenvalue weighted by Crippen LogP contribution is 2.11. The van der Waals surface area contributed by atoms with Gasteiger partial charge in [-0.15, -0.1) is 0 Å². The van der Waals surface area contributed by atoms with Crippen LogP contribution in [0.4, 0.5) is 0 Å². The quantitative estimate of drug-likeness (QED) is 0.0384. The molecule has 0 aromatic heterocycles. The van der Waals surface area contributed by atoms with E-state index in [2.05, 4.69) is 135 Å². The highest BCUT2D eigenvalue weighted by Gasteiger charge is 2.16. The van der Waals surface area contributed by atoms with Gasteiger partial charge in [0, 0.05) is 12.8 Å². The SMILES string of the molecule is CC/C=C\C/C=C\C/C=C\C/C=C\C/C=C\CCCCCCCC(=O)OCC(CO)OC(=O)CCCCCCC/C=C\C/C=C\C/C=C\C/C=C\C/C=C\CC. The molecule has 1 N–H and O–H groups in total. The molecule has 0 bridgehead atoms. The van der Waals surface area contributed by atoms with Crippen LogP contribution in [0.3, 0.4) is 0 Å². The Bertz CT molecular complexity index is 1190. The third-order valence-corrected chi connectivity index (χ3v) is 8.75. The first-order valence-corrected chi connectivity index (χ1v) is 22.1. The third-order valence-electron chi connectivity index (χ3n) is 8.75. The molecular weight excluding hydrogens is 693 g/mol. The van der Waals surface area contributed by atoms with Gasteiger partial charge in [-0.25, -0.2) is 0 Å². The minimum atomic E-state index is -0.800. The van der Waals surface area contributed by atoms with Gasteiger partial charge in [-0.1, -0.05) is 174 Å². The van der Waals surface area contributed by atoms with Crippen molar-refractivity contribution in [3.63, 3.8) is 0 Å². The predicted octanol–water partition coefficient (Wildman–Crippen LogP) is 14.4. The van der Waals surface area contributed by atoms with Crippen LogP contribution in [0.2, 0.25) is 0 Å². The second-order valence-corrected chi connectivity index (χ2v) is 14.0. The summed E-state index contributed by atoms with van der Waals surface area (Å²) < 4.78 is 10.6. The second kappa shape index (κ2) is 45.7. The summed E-state index contributed by atoms with van der Waals surface area (Å²) >= 11 is 0. The number of aliphatic hydroxyl groups excluding tert-OH is 1. The maximum Gasteiger partial charge on any atom is 0.306 e. The number of allylic oxidation sites excluding steroid dienone is 20. The fraction of sp³-hybridized carbons (Fsp3) is 0.569. The first kappa shape index (κ1) is 52.3. The molecule has 0 aliphatic rings. The summed E-state index contributed by atoms with van der Waals surface area (Å²) in [6.07, 6.45) is 66.9. The van der Waals surface area contributed by atoms with Crippen LogP contribution in [0.5, 0.6) is 0 Å². The van der Waals surface area contributed by atoms with Gasteiger partial charge in [-0.3, -0.25) is 9.59 Å². The number of ether oxygens (including phenoxy) is 2. The highest BCUT2D eigenvalue weighted by molar-refractivity contribution is 5.70. The molecule has 0 heterocycles. The largest absolute Gasteiger partial charge is 0.462 e. The van der Waals surface area contributed by atoms with Crippen LogP contribution in [0.1, 0.15) is 168 Å². The van der Waals surface area contributed by atoms with E-state index in [1.165, 1.54) is 0 Å². The third kappa shape index (κ3) is 43.0. The van der Waals surface area contributed by atoms with Gasteiger partial charge in [0.1, 0.15) is 6.61 Å². The Hall–Kier alpha value is -3.70. The Morgan fingerprint density at radius 2 is 0.714 bits per heavy atom. The van der Waals surface area contributed by atoms with E-state index in [1.807, 2.05) is 0 Å². The molecule has 0 saturated carbocycles. The Morgan fingerprint density at radius 1 is 0.411 bits per heavy atom. The molecule has 0 radical (unpaired) electrons. The Labute approximate surface area is 343 Å². The molecule has 5 nitrogen and oxygen atoms in total. The van der Waals surface area contributed by atoms with Crippen LogP contribution >= 0.6 is 0 Å². The normalized spacial score (nSPS) is 13.4. The average molecular weight is 773 g/mol. The Morgan fingerprint density at radius 3 is 1.07 bits per heavy atom. The molecule has 1 unspecified atom stereocenters. The lowest BCUT2D eigenvalue weighted by Gasteiger charge is -2.15. The zero-order valence-corrected chi connectivity index (χ0v) is 35.6. The lowest BCUT2D eigenvalue weighted by molar-refractivity contribution is -0.161. The molecule has 0 rings (SSSR count). The van der Waals surface area contributed by atoms with E-state index in [-0.39, 0.29) is 25.2 Å². The molecule has 0 aliphatic heterocycles. The maximum absolute atomic E-state index is 12.2. The van der Waals surface area contributed by atoms with Crippen LogP contribution in [0.15, 0.2) is 122 Å². The van der Waals surface area contributed by atoms with Crippen LogP contribution in [0.25, 0.3) is 0 Å². The summed E-state index contributed by atoms with van der Waals surface area (Å²) in [7, 11) is 0. The number of hydrogen-bond donors (Lipinski definition) is 1. The van der Waals surface area contributed by atoms with E-state index < -0.39 is 6.10 Å². The topological polar surface area (TPSA) is 72.8 Å². The molecule has 0 aromatic carbocycles. The average Bonchev–Trinajstić information content (AvgIpc) is 3.20. The Kier molecular flexibility index (Phi) is 42.7. The molecule has 0 fully saturated rings. The number of esters is 2. The van der Waals surface area contributed by atoms with Crippen LogP contribution in [0, 0.1) is 0 Å². The highest BCUT2D eigenvalue weighted by atomic mass is 16.6. The van der Waals surface area contributed by atoms with E-state index in [4.69, 9.17) is 9.47 Å². The number of carbonyl (C=O) groups is 2. The maximum atomic E-state index is 12.2. The Balaban J connectivity index is 3.68. The van der Waals surface area contributed by atoms with Gasteiger partial charge < -0.3 is 14.6 Å². The van der Waals surface area contributed by atoms with E-state index >= 15 is 0 Å². The first-order chi connectivity index (χ1) is 27.6. The fourth-order valence-corrected chi connectivity index (χ4v) is 5.49. The predicted molar refractivity (Wildman–Crippen MR) is 241 cm³/mol. The zero-order valence-electron chi connectivity index (χ0n) is 35.6. The summed E-state index contributed by atoms with van der Waals surface area (Å²) in [6.45, 7) is 3.86. The molecule has 0 aliphatic carbocycles. The van der Waals surface area contributed by atoms with E-state index in [0.29, 0.717) is 12.8 Å². The number of carbonyl (C=O) groups excluding carboxylic acids is 2. The first-order valence-electron chi connectivity index (χ1n) is 22.1. The standard InChI is InChI=1S/C51H80O5/c1-3-5-7-9-11-13-15-17-19-21-23-25-27-29-31-33-35-37-39-41-43-45-50(53)55-48-49(47-52)56-51(54)46-44-42-40-38-36-34-32-30-28-26-24-22-20-18-16-14-12-10-8-6-4-2/h5-8,11-14,17-20,23-26,29-32,49,52H,3-4,9-10,15-16,21-22,27-28,33-48H2,1-2H3/b7-5-,8-6-,13-11-,14-12-,19-17-,20-18-,25-23-,26-24-,31-29-,32-30-. The van der Waals surface area contributed by atoms with Crippen molar-refractivity contribution < 1.29 is 24.2 Å². The monoisotopic (exact) mass is 773 g/mol. The number of unbranched alkanes of at least 4 members (excludes halogenated alkanes) is 10. The van der Waals surface area contributed by atoms with Crippen molar-refractivity contribution in [2.45, 2.75) is 174 Å². The van der Waals surface area contributed by atoms with Gasteiger partial charge in [-0.05, 0) is 103 Å². The minimum absolute atomic E-state index is 0.0931. The van der Waals surface area contributed by atoms with Gasteiger partial charge in [-0.2, -0.15) is 0 Å². The lowest BCUT2D eigenvalue weighted by atomic mass is 10.1. The number of aliphatic hydroxyl groups is 1. The van der Waals surface area contributed by atoms with E-state index in [1.54, 1.807) is 0 Å². The van der Waals surface area contributed by atoms with E-state index in [0.717, 1.165) is 141 Å². The van der Waals surface area contributed by atoms with Crippen molar-refractivity contribution >= 4 is 11.9 Å². The minimum Gasteiger partial charge on any atom is -0.462 e. The number of hydrogen-bond acceptors (Lipinski definition) is 5. The van der Waals surface area contributed by atoms with Crippen molar-refractivity contribution in [3.8, 4) is 0 Å². The smallest absolute Gasteiger partial charge is 0.306 e. The van der Waals surface area contributed by atoms with Gasteiger partial charge in [0.15, 0.2) is 6.10 Å².